The standard InChI is InChI=1S/C26H35NO8/c1-5-30-21(28)14-27-22(29)17-7-9-18(10-8-17)31-23-16(3)20-11-6-15(2)19-12-13-25(4)33-24(32-23)26(19,20)35-34-25/h7-10,15-16,19-20,23-24H,5-6,11-14H2,1-4H3,(H,27,29)/t15-,16-,19+,20+,23+,24-,25-,26-/m1/s1. The minimum atomic E-state index is -0.832. The maximum absolute atomic E-state index is 12.3. The fourth-order valence-corrected chi connectivity index (χ4v) is 6.29. The van der Waals surface area contributed by atoms with Gasteiger partial charge in [0.05, 0.1) is 6.61 Å². The molecule has 4 aliphatic heterocycles. The third kappa shape index (κ3) is 4.33. The van der Waals surface area contributed by atoms with Crippen LogP contribution in [0, 0.1) is 23.7 Å². The Bertz CT molecular complexity index is 953. The first kappa shape index (κ1) is 24.5. The van der Waals surface area contributed by atoms with Gasteiger partial charge in [-0.3, -0.25) is 9.59 Å². The molecule has 192 valence electrons. The second-order valence-electron chi connectivity index (χ2n) is 10.4. The maximum Gasteiger partial charge on any atom is 0.325 e. The smallest absolute Gasteiger partial charge is 0.325 e. The van der Waals surface area contributed by atoms with Crippen molar-refractivity contribution in [2.24, 2.45) is 23.7 Å². The number of fused-ring (bicyclic) bond motifs is 2. The highest BCUT2D eigenvalue weighted by atomic mass is 17.3. The van der Waals surface area contributed by atoms with E-state index in [9.17, 15) is 9.59 Å². The van der Waals surface area contributed by atoms with Gasteiger partial charge in [-0.2, -0.15) is 0 Å². The van der Waals surface area contributed by atoms with Crippen LogP contribution in [0.4, 0.5) is 0 Å². The summed E-state index contributed by atoms with van der Waals surface area (Å²) in [6.07, 6.45) is 2.75. The van der Waals surface area contributed by atoms with Crippen molar-refractivity contribution in [3.8, 4) is 5.75 Å². The Balaban J connectivity index is 1.29. The van der Waals surface area contributed by atoms with Gasteiger partial charge in [-0.1, -0.05) is 13.8 Å². The minimum absolute atomic E-state index is 0.0449. The van der Waals surface area contributed by atoms with E-state index in [2.05, 4.69) is 19.2 Å². The van der Waals surface area contributed by atoms with Crippen molar-refractivity contribution in [2.75, 3.05) is 13.2 Å². The first-order valence-electron chi connectivity index (χ1n) is 12.7. The van der Waals surface area contributed by atoms with Gasteiger partial charge in [-0.25, -0.2) is 9.78 Å². The lowest BCUT2D eigenvalue weighted by molar-refractivity contribution is -0.575. The van der Waals surface area contributed by atoms with E-state index in [0.717, 1.165) is 25.7 Å². The molecule has 1 aromatic rings. The maximum atomic E-state index is 12.3. The summed E-state index contributed by atoms with van der Waals surface area (Å²) in [6, 6.07) is 6.77. The number of carbonyl (C=O) groups excluding carboxylic acids is 2. The average Bonchev–Trinajstić information content (AvgIpc) is 3.07. The van der Waals surface area contributed by atoms with Crippen LogP contribution in [0.2, 0.25) is 0 Å². The molecule has 6 rings (SSSR count). The fraction of sp³-hybridized carbons (Fsp3) is 0.692. The van der Waals surface area contributed by atoms with E-state index in [1.807, 2.05) is 6.92 Å². The molecule has 1 aromatic carbocycles. The van der Waals surface area contributed by atoms with Crippen LogP contribution in [0.15, 0.2) is 24.3 Å². The van der Waals surface area contributed by atoms with E-state index in [-0.39, 0.29) is 30.9 Å². The van der Waals surface area contributed by atoms with Crippen LogP contribution in [0.3, 0.4) is 0 Å². The summed E-state index contributed by atoms with van der Waals surface area (Å²) >= 11 is 0. The van der Waals surface area contributed by atoms with Crippen molar-refractivity contribution in [1.82, 2.24) is 5.32 Å². The molecule has 0 aromatic heterocycles. The van der Waals surface area contributed by atoms with E-state index in [0.29, 0.717) is 23.1 Å². The number of nitrogens with one attached hydrogen (secondary N) is 1. The van der Waals surface area contributed by atoms with Gasteiger partial charge in [0, 0.05) is 23.8 Å². The molecule has 1 saturated carbocycles. The van der Waals surface area contributed by atoms with E-state index in [4.69, 9.17) is 28.7 Å². The number of carbonyl (C=O) groups is 2. The van der Waals surface area contributed by atoms with Crippen LogP contribution in [0.5, 0.6) is 5.75 Å². The number of rotatable bonds is 6. The molecule has 9 heteroatoms. The Morgan fingerprint density at radius 1 is 1.09 bits per heavy atom. The molecule has 0 radical (unpaired) electrons. The molecule has 2 bridgehead atoms. The molecular weight excluding hydrogens is 454 g/mol. The molecule has 1 amide bonds. The van der Waals surface area contributed by atoms with Gasteiger partial charge >= 0.3 is 5.97 Å². The Morgan fingerprint density at radius 3 is 2.60 bits per heavy atom. The summed E-state index contributed by atoms with van der Waals surface area (Å²) < 4.78 is 23.9. The van der Waals surface area contributed by atoms with Crippen LogP contribution >= 0.6 is 0 Å². The molecule has 1 aliphatic carbocycles. The molecule has 8 atom stereocenters. The first-order chi connectivity index (χ1) is 16.8. The summed E-state index contributed by atoms with van der Waals surface area (Å²) in [5, 5.41) is 2.55. The van der Waals surface area contributed by atoms with Crippen LogP contribution in [0.1, 0.15) is 63.7 Å². The number of amides is 1. The fourth-order valence-electron chi connectivity index (χ4n) is 6.29. The second-order valence-corrected chi connectivity index (χ2v) is 10.4. The van der Waals surface area contributed by atoms with Crippen LogP contribution in [-0.2, 0) is 28.8 Å². The summed E-state index contributed by atoms with van der Waals surface area (Å²) in [7, 11) is 0. The van der Waals surface area contributed by atoms with Crippen molar-refractivity contribution in [3.63, 3.8) is 0 Å². The quantitative estimate of drug-likeness (QED) is 0.478. The highest BCUT2D eigenvalue weighted by molar-refractivity contribution is 5.96. The van der Waals surface area contributed by atoms with Crippen LogP contribution in [0.25, 0.3) is 0 Å². The zero-order valence-electron chi connectivity index (χ0n) is 20.8. The third-order valence-corrected chi connectivity index (χ3v) is 8.16. The Hall–Kier alpha value is -2.20. The highest BCUT2D eigenvalue weighted by Crippen LogP contribution is 2.60. The van der Waals surface area contributed by atoms with Gasteiger partial charge in [-0.15, -0.1) is 0 Å². The van der Waals surface area contributed by atoms with Crippen LogP contribution < -0.4 is 10.1 Å². The van der Waals surface area contributed by atoms with Crippen molar-refractivity contribution in [3.05, 3.63) is 29.8 Å². The second kappa shape index (κ2) is 9.35. The summed E-state index contributed by atoms with van der Waals surface area (Å²) in [5.74, 6) is -0.0671. The SMILES string of the molecule is CCOC(=O)CNC(=O)c1ccc(O[C@H]2O[C@@H]3O[C@@]4(C)CC[C@H]5[C@H](C)CC[C@@H]([C@H]2C)[C@@]35OO4)cc1. The molecule has 4 saturated heterocycles. The van der Waals surface area contributed by atoms with Gasteiger partial charge in [0.1, 0.15) is 12.3 Å². The molecule has 5 aliphatic rings. The summed E-state index contributed by atoms with van der Waals surface area (Å²) in [4.78, 5) is 35.8. The molecule has 0 unspecified atom stereocenters. The van der Waals surface area contributed by atoms with E-state index in [1.165, 1.54) is 0 Å². The number of benzene rings is 1. The zero-order chi connectivity index (χ0) is 24.8. The molecule has 1 N–H and O–H groups in total. The molecular formula is C26H35NO8. The number of hydrogen-bond acceptors (Lipinski definition) is 8. The number of esters is 1. The van der Waals surface area contributed by atoms with Crippen molar-refractivity contribution in [2.45, 2.75) is 77.3 Å². The first-order valence-corrected chi connectivity index (χ1v) is 12.7. The van der Waals surface area contributed by atoms with E-state index >= 15 is 0 Å². The van der Waals surface area contributed by atoms with Gasteiger partial charge in [0.25, 0.3) is 5.91 Å². The molecule has 5 fully saturated rings. The topological polar surface area (TPSA) is 102 Å². The normalized spacial score (nSPS) is 39.8. The Morgan fingerprint density at radius 2 is 1.86 bits per heavy atom. The van der Waals surface area contributed by atoms with Gasteiger partial charge in [0.15, 0.2) is 11.9 Å². The zero-order valence-corrected chi connectivity index (χ0v) is 20.8. The Kier molecular flexibility index (Phi) is 6.54. The van der Waals surface area contributed by atoms with Gasteiger partial charge < -0.3 is 24.3 Å². The third-order valence-electron chi connectivity index (χ3n) is 8.16. The van der Waals surface area contributed by atoms with Crippen molar-refractivity contribution in [1.29, 1.82) is 0 Å². The van der Waals surface area contributed by atoms with Crippen molar-refractivity contribution < 1.29 is 38.3 Å². The van der Waals surface area contributed by atoms with Gasteiger partial charge in [-0.05, 0) is 69.2 Å². The highest BCUT2D eigenvalue weighted by Gasteiger charge is 2.69. The number of hydrogen-bond donors (Lipinski definition) is 1. The van der Waals surface area contributed by atoms with E-state index in [1.54, 1.807) is 31.2 Å². The predicted molar refractivity (Wildman–Crippen MR) is 123 cm³/mol. The largest absolute Gasteiger partial charge is 0.465 e. The lowest BCUT2D eigenvalue weighted by Crippen LogP contribution is -2.70. The molecule has 35 heavy (non-hydrogen) atoms. The predicted octanol–water partition coefficient (Wildman–Crippen LogP) is 3.57. The minimum Gasteiger partial charge on any atom is -0.465 e. The Labute approximate surface area is 205 Å². The summed E-state index contributed by atoms with van der Waals surface area (Å²) in [5.41, 5.74) is -0.210. The monoisotopic (exact) mass is 489 g/mol. The van der Waals surface area contributed by atoms with Crippen LogP contribution in [-0.4, -0.2) is 49.0 Å². The molecule has 9 nitrogen and oxygen atoms in total. The average molecular weight is 490 g/mol. The lowest BCUT2D eigenvalue weighted by Gasteiger charge is -2.60. The summed E-state index contributed by atoms with van der Waals surface area (Å²) in [6.45, 7) is 8.14. The van der Waals surface area contributed by atoms with Gasteiger partial charge in [0.2, 0.25) is 12.1 Å². The van der Waals surface area contributed by atoms with Crippen molar-refractivity contribution >= 4 is 11.9 Å². The molecule has 4 heterocycles. The molecule has 1 spiro atoms. The lowest BCUT2D eigenvalue weighted by atomic mass is 9.58. The van der Waals surface area contributed by atoms with E-state index < -0.39 is 29.9 Å². The number of ether oxygens (including phenoxy) is 4.